The second kappa shape index (κ2) is 21.6. The van der Waals surface area contributed by atoms with Gasteiger partial charge in [0.05, 0.1) is 13.1 Å². The minimum Gasteiger partial charge on any atom is -0.481 e. The van der Waals surface area contributed by atoms with Crippen LogP contribution >= 0.6 is 0 Å². The van der Waals surface area contributed by atoms with Crippen LogP contribution in [0.3, 0.4) is 0 Å². The third-order valence-corrected chi connectivity index (χ3v) is 5.71. The van der Waals surface area contributed by atoms with E-state index in [0.717, 1.165) is 29.5 Å². The van der Waals surface area contributed by atoms with Gasteiger partial charge in [-0.15, -0.1) is 0 Å². The van der Waals surface area contributed by atoms with Gasteiger partial charge in [0.1, 0.15) is 11.6 Å². The highest BCUT2D eigenvalue weighted by Crippen LogP contribution is 2.23. The summed E-state index contributed by atoms with van der Waals surface area (Å²) in [6.07, 6.45) is 12.2. The van der Waals surface area contributed by atoms with Crippen LogP contribution < -0.4 is 5.32 Å². The third kappa shape index (κ3) is 15.8. The molecular weight excluding hydrogens is 523 g/mol. The first-order valence-corrected chi connectivity index (χ1v) is 13.5. The van der Waals surface area contributed by atoms with E-state index in [9.17, 15) is 28.7 Å². The van der Waals surface area contributed by atoms with Crippen molar-refractivity contribution in [3.05, 3.63) is 84.6 Å². The number of rotatable bonds is 14. The zero-order valence-electron chi connectivity index (χ0n) is 24.8. The van der Waals surface area contributed by atoms with Crippen LogP contribution in [-0.2, 0) is 14.4 Å². The summed E-state index contributed by atoms with van der Waals surface area (Å²) in [6.45, 7) is 10.6. The lowest BCUT2D eigenvalue weighted by Gasteiger charge is -2.12. The number of nitrogens with one attached hydrogen (secondary N) is 1. The monoisotopic (exact) mass is 566 g/mol. The molecule has 2 rings (SSSR count). The average molecular weight is 567 g/mol. The van der Waals surface area contributed by atoms with Gasteiger partial charge in [0.15, 0.2) is 5.78 Å². The van der Waals surface area contributed by atoms with E-state index >= 15 is 0 Å². The molecule has 2 N–H and O–H groups in total. The summed E-state index contributed by atoms with van der Waals surface area (Å²) >= 11 is 0. The molecule has 1 unspecified atom stereocenters. The Bertz CT molecular complexity index is 1170. The van der Waals surface area contributed by atoms with Crippen molar-refractivity contribution < 1.29 is 28.7 Å². The van der Waals surface area contributed by atoms with Crippen molar-refractivity contribution >= 4 is 29.3 Å². The molecule has 0 fully saturated rings. The number of unbranched alkanes of at least 4 members (excludes halogenated alkanes) is 1. The molecule has 0 aliphatic rings. The second-order valence-electron chi connectivity index (χ2n) is 9.23. The molecule has 1 aromatic carbocycles. The number of alkyl halides is 1. The Morgan fingerprint density at radius 3 is 2.12 bits per heavy atom. The summed E-state index contributed by atoms with van der Waals surface area (Å²) in [7, 11) is 0.500. The first-order valence-electron chi connectivity index (χ1n) is 13.5. The predicted octanol–water partition coefficient (Wildman–Crippen LogP) is 7.80. The highest BCUT2D eigenvalue weighted by Gasteiger charge is 2.22. The van der Waals surface area contributed by atoms with E-state index in [0.29, 0.717) is 37.8 Å². The van der Waals surface area contributed by atoms with Crippen LogP contribution in [-0.4, -0.2) is 40.7 Å². The number of carboxylic acids is 1. The number of Topliss-reactive ketones (excluding diaryl/α,β-unsaturated/α-hetero) is 2. The Kier molecular flexibility index (Phi) is 19.4. The number of anilines is 1. The van der Waals surface area contributed by atoms with Crippen LogP contribution in [0, 0.1) is 5.92 Å². The van der Waals surface area contributed by atoms with Crippen LogP contribution in [0.4, 0.5) is 10.2 Å². The molecular formula is C33H43FN2O5. The molecule has 0 bridgehead atoms. The van der Waals surface area contributed by atoms with Gasteiger partial charge in [0.2, 0.25) is 5.91 Å². The molecule has 0 spiro atoms. The van der Waals surface area contributed by atoms with Gasteiger partial charge in [0, 0.05) is 30.2 Å². The van der Waals surface area contributed by atoms with Crippen LogP contribution in [0.2, 0.25) is 0 Å². The first kappa shape index (κ1) is 36.8. The Hall–Kier alpha value is -4.20. The van der Waals surface area contributed by atoms with Crippen molar-refractivity contribution in [1.82, 2.24) is 4.98 Å². The predicted molar refractivity (Wildman–Crippen MR) is 164 cm³/mol. The van der Waals surface area contributed by atoms with Crippen LogP contribution in [0.1, 0.15) is 76.6 Å². The Balaban J connectivity index is 0.00000244. The lowest BCUT2D eigenvalue weighted by atomic mass is 9.92. The molecule has 1 aromatic heterocycles. The van der Waals surface area contributed by atoms with Crippen molar-refractivity contribution in [3.63, 3.8) is 0 Å². The minimum absolute atomic E-state index is 0.0508. The fourth-order valence-corrected chi connectivity index (χ4v) is 3.54. The number of aromatic nitrogens is 1. The number of ketones is 2. The molecule has 1 heterocycles. The van der Waals surface area contributed by atoms with Gasteiger partial charge in [-0.1, -0.05) is 74.1 Å². The van der Waals surface area contributed by atoms with Crippen molar-refractivity contribution in [2.45, 2.75) is 66.2 Å². The molecule has 0 radical (unpaired) electrons. The number of benzene rings is 1. The molecule has 41 heavy (non-hydrogen) atoms. The fraction of sp³-hybridized carbons (Fsp3) is 0.364. The largest absolute Gasteiger partial charge is 0.481 e. The van der Waals surface area contributed by atoms with E-state index in [1.165, 1.54) is 13.8 Å². The highest BCUT2D eigenvalue weighted by atomic mass is 19.1. The zero-order valence-corrected chi connectivity index (χ0v) is 24.8. The number of hydrogen-bond donors (Lipinski definition) is 2. The van der Waals surface area contributed by atoms with Crippen molar-refractivity contribution in [3.8, 4) is 11.1 Å². The molecule has 7 nitrogen and oxygen atoms in total. The molecule has 0 aliphatic heterocycles. The summed E-state index contributed by atoms with van der Waals surface area (Å²) < 4.78 is 9.50. The summed E-state index contributed by atoms with van der Waals surface area (Å²) in [6, 6.07) is 10.7. The maximum absolute atomic E-state index is 12.8. The van der Waals surface area contributed by atoms with Crippen molar-refractivity contribution in [1.29, 1.82) is 0 Å². The third-order valence-electron chi connectivity index (χ3n) is 5.71. The Morgan fingerprint density at radius 1 is 1.02 bits per heavy atom. The Labute approximate surface area is 243 Å². The summed E-state index contributed by atoms with van der Waals surface area (Å²) in [5, 5.41) is 12.4. The van der Waals surface area contributed by atoms with E-state index in [1.54, 1.807) is 30.5 Å². The van der Waals surface area contributed by atoms with Gasteiger partial charge in [-0.3, -0.25) is 18.8 Å². The number of pyridine rings is 1. The van der Waals surface area contributed by atoms with Crippen LogP contribution in [0.25, 0.3) is 11.1 Å². The summed E-state index contributed by atoms with van der Waals surface area (Å²) in [5.74, 6) is -1.30. The summed E-state index contributed by atoms with van der Waals surface area (Å²) in [5.41, 5.74) is 3.21. The lowest BCUT2D eigenvalue weighted by Crippen LogP contribution is -2.18. The maximum atomic E-state index is 12.8. The van der Waals surface area contributed by atoms with Crippen LogP contribution in [0.15, 0.2) is 79.1 Å². The number of carbonyl (C=O) groups is 4. The number of carboxylic acid groups (broad SMARTS) is 1. The van der Waals surface area contributed by atoms with Gasteiger partial charge >= 0.3 is 5.97 Å². The quantitative estimate of drug-likeness (QED) is 0.178. The van der Waals surface area contributed by atoms with E-state index in [2.05, 4.69) is 16.9 Å². The number of halogens is 1. The first-order chi connectivity index (χ1) is 19.6. The molecule has 0 saturated heterocycles. The number of nitrogens with zero attached hydrogens (tertiary/aromatic N) is 1. The molecule has 222 valence electrons. The van der Waals surface area contributed by atoms with E-state index < -0.39 is 11.9 Å². The topological polar surface area (TPSA) is 113 Å². The lowest BCUT2D eigenvalue weighted by molar-refractivity contribution is -0.141. The molecule has 1 amide bonds. The van der Waals surface area contributed by atoms with Gasteiger partial charge in [-0.2, -0.15) is 0 Å². The van der Waals surface area contributed by atoms with Crippen LogP contribution in [0.5, 0.6) is 0 Å². The average Bonchev–Trinajstić information content (AvgIpc) is 2.96. The molecule has 8 heteroatoms. The van der Waals surface area contributed by atoms with E-state index in [-0.39, 0.29) is 23.9 Å². The SMILES string of the molecule is C=C/C=C\C(=C/C)CCC(CC(=O)c1ccc(-c2ccc(NC(=O)CCCC)nc2)cc1)C(=O)O.CC(C)=O.CF. The molecule has 2 aromatic rings. The number of allylic oxidation sites excluding steroid dienone is 5. The molecule has 0 saturated carbocycles. The van der Waals surface area contributed by atoms with Crippen molar-refractivity contribution in [2.24, 2.45) is 5.92 Å². The normalized spacial score (nSPS) is 11.3. The number of amides is 1. The molecule has 1 atom stereocenters. The van der Waals surface area contributed by atoms with Crippen molar-refractivity contribution in [2.75, 3.05) is 12.5 Å². The van der Waals surface area contributed by atoms with Gasteiger partial charge in [0.25, 0.3) is 0 Å². The minimum atomic E-state index is -0.967. The van der Waals surface area contributed by atoms with E-state index in [4.69, 9.17) is 0 Å². The molecule has 0 aliphatic carbocycles. The smallest absolute Gasteiger partial charge is 0.306 e. The summed E-state index contributed by atoms with van der Waals surface area (Å²) in [4.78, 5) is 50.1. The zero-order chi connectivity index (χ0) is 31.2. The number of carbonyl (C=O) groups excluding carboxylic acids is 3. The highest BCUT2D eigenvalue weighted by molar-refractivity contribution is 5.98. The number of hydrogen-bond acceptors (Lipinski definition) is 5. The Morgan fingerprint density at radius 2 is 1.63 bits per heavy atom. The standard InChI is InChI=1S/C29H34N2O4.C3H6O.CH3F/c1-4-7-9-21(6-3)11-12-24(29(34)35)19-26(32)23-15-13-22(14-16-23)25-17-18-27(30-20-25)31-28(33)10-8-5-2;1-3(2)4;1-2/h4,6-7,9,13-18,20,24H,1,5,8,10-12,19H2,2-3H3,(H,34,35)(H,30,31,33);1-2H3;1H3/b9-7-,21-6+;;. The maximum Gasteiger partial charge on any atom is 0.306 e. The number of aliphatic carboxylic acids is 1. The van der Waals surface area contributed by atoms with Gasteiger partial charge in [-0.25, -0.2) is 4.98 Å². The van der Waals surface area contributed by atoms with Gasteiger partial charge < -0.3 is 15.2 Å². The van der Waals surface area contributed by atoms with Gasteiger partial charge in [-0.05, 0) is 57.7 Å². The second-order valence-corrected chi connectivity index (χ2v) is 9.23. The van der Waals surface area contributed by atoms with E-state index in [1.807, 2.05) is 50.3 Å². The fourth-order valence-electron chi connectivity index (χ4n) is 3.54.